The minimum absolute atomic E-state index is 0.151. The first kappa shape index (κ1) is 22.6. The Morgan fingerprint density at radius 1 is 1.17 bits per heavy atom. The highest BCUT2D eigenvalue weighted by Crippen LogP contribution is 2.30. The Hall–Kier alpha value is -2.82. The zero-order chi connectivity index (χ0) is 24.1. The van der Waals surface area contributed by atoms with Gasteiger partial charge in [0.25, 0.3) is 5.78 Å². The maximum atomic E-state index is 14.0. The van der Waals surface area contributed by atoms with Crippen LogP contribution in [0.4, 0.5) is 10.2 Å². The van der Waals surface area contributed by atoms with Crippen molar-refractivity contribution in [3.63, 3.8) is 0 Å². The lowest BCUT2D eigenvalue weighted by Gasteiger charge is -2.44. The third-order valence-electron chi connectivity index (χ3n) is 7.17. The molecule has 3 aromatic heterocycles. The zero-order valence-corrected chi connectivity index (χ0v) is 20.6. The van der Waals surface area contributed by atoms with Gasteiger partial charge in [-0.3, -0.25) is 4.90 Å². The number of anilines is 1. The second-order valence-electron chi connectivity index (χ2n) is 9.67. The highest BCUT2D eigenvalue weighted by molar-refractivity contribution is 6.30. The predicted molar refractivity (Wildman–Crippen MR) is 131 cm³/mol. The lowest BCUT2D eigenvalue weighted by Crippen LogP contribution is -2.56. The van der Waals surface area contributed by atoms with Crippen LogP contribution in [0.1, 0.15) is 32.3 Å². The third kappa shape index (κ3) is 4.13. The molecular formula is C24H28ClFN8O. The van der Waals surface area contributed by atoms with Crippen molar-refractivity contribution in [2.75, 3.05) is 24.6 Å². The van der Waals surface area contributed by atoms with Crippen LogP contribution >= 0.6 is 11.6 Å². The summed E-state index contributed by atoms with van der Waals surface area (Å²) in [4.78, 5) is 14.3. The van der Waals surface area contributed by atoms with E-state index in [4.69, 9.17) is 26.3 Å². The average Bonchev–Trinajstić information content (AvgIpc) is 3.59. The molecule has 0 bridgehead atoms. The first-order valence-electron chi connectivity index (χ1n) is 12.1. The maximum absolute atomic E-state index is 14.0. The van der Waals surface area contributed by atoms with E-state index < -0.39 is 0 Å². The molecule has 2 fully saturated rings. The standard InChI is InChI=1S/C24H28ClFN8O/c1-15-10-33(16(2)9-31(15)11-17-5-6-19(25)20(26)8-17)22-21-23(34-14-28-30-24(34)29-22)32(13-27-21)12-18-4-3-7-35-18/h5-6,8,13-16,18H,3-4,7,9-12H2,1-2H3/t15-,16+,18+/m1/s1. The number of ether oxygens (including phenoxy) is 1. The molecule has 0 spiro atoms. The van der Waals surface area contributed by atoms with Crippen LogP contribution < -0.4 is 4.90 Å². The lowest BCUT2D eigenvalue weighted by molar-refractivity contribution is 0.0977. The third-order valence-corrected chi connectivity index (χ3v) is 7.47. The summed E-state index contributed by atoms with van der Waals surface area (Å²) in [6.45, 7) is 8.17. The summed E-state index contributed by atoms with van der Waals surface area (Å²) in [5.41, 5.74) is 2.68. The van der Waals surface area contributed by atoms with Crippen molar-refractivity contribution in [1.82, 2.24) is 34.0 Å². The Kier molecular flexibility index (Phi) is 5.82. The minimum Gasteiger partial charge on any atom is -0.376 e. The number of imidazole rings is 1. The summed E-state index contributed by atoms with van der Waals surface area (Å²) in [7, 11) is 0. The molecule has 0 aliphatic carbocycles. The van der Waals surface area contributed by atoms with Crippen LogP contribution in [0, 0.1) is 5.82 Å². The smallest absolute Gasteiger partial charge is 0.258 e. The molecule has 3 atom stereocenters. The van der Waals surface area contributed by atoms with Crippen LogP contribution in [0.2, 0.25) is 5.02 Å². The maximum Gasteiger partial charge on any atom is 0.258 e. The van der Waals surface area contributed by atoms with Gasteiger partial charge < -0.3 is 14.2 Å². The van der Waals surface area contributed by atoms with E-state index in [0.29, 0.717) is 12.3 Å². The van der Waals surface area contributed by atoms with Gasteiger partial charge in [0.05, 0.1) is 24.0 Å². The first-order valence-corrected chi connectivity index (χ1v) is 12.5. The Balaban J connectivity index is 1.30. The number of aromatic nitrogens is 6. The SMILES string of the molecule is C[C@@H]1CN(c2nc3nncn3c3c2ncn3C[C@@H]2CCCO2)[C@@H](C)CN1Cc1ccc(Cl)c(F)c1. The van der Waals surface area contributed by atoms with Gasteiger partial charge in [-0.25, -0.2) is 13.8 Å². The van der Waals surface area contributed by atoms with E-state index in [1.807, 2.05) is 16.8 Å². The molecule has 0 saturated carbocycles. The minimum atomic E-state index is -0.379. The number of hydrogen-bond donors (Lipinski definition) is 0. The molecule has 0 N–H and O–H groups in total. The van der Waals surface area contributed by atoms with Crippen LogP contribution in [-0.4, -0.2) is 71.9 Å². The van der Waals surface area contributed by atoms with Gasteiger partial charge in [0.15, 0.2) is 11.5 Å². The summed E-state index contributed by atoms with van der Waals surface area (Å²) in [5.74, 6) is 0.999. The first-order chi connectivity index (χ1) is 17.0. The highest BCUT2D eigenvalue weighted by Gasteiger charge is 2.32. The van der Waals surface area contributed by atoms with E-state index in [0.717, 1.165) is 61.6 Å². The van der Waals surface area contributed by atoms with Gasteiger partial charge in [-0.2, -0.15) is 4.98 Å². The van der Waals surface area contributed by atoms with E-state index >= 15 is 0 Å². The number of fused-ring (bicyclic) bond motifs is 3. The molecule has 5 heterocycles. The number of halogens is 2. The van der Waals surface area contributed by atoms with E-state index in [-0.39, 0.29) is 29.0 Å². The molecule has 9 nitrogen and oxygen atoms in total. The summed E-state index contributed by atoms with van der Waals surface area (Å²) in [5, 5.41) is 8.51. The molecule has 11 heteroatoms. The largest absolute Gasteiger partial charge is 0.376 e. The van der Waals surface area contributed by atoms with Crippen LogP contribution in [0.3, 0.4) is 0 Å². The van der Waals surface area contributed by atoms with Crippen LogP contribution in [-0.2, 0) is 17.8 Å². The molecule has 184 valence electrons. The quantitative estimate of drug-likeness (QED) is 0.416. The average molecular weight is 499 g/mol. The molecule has 0 amide bonds. The molecule has 0 radical (unpaired) electrons. The Morgan fingerprint density at radius 3 is 2.86 bits per heavy atom. The number of benzene rings is 1. The molecule has 6 rings (SSSR count). The van der Waals surface area contributed by atoms with Crippen molar-refractivity contribution in [2.24, 2.45) is 0 Å². The fourth-order valence-electron chi connectivity index (χ4n) is 5.32. The van der Waals surface area contributed by atoms with Crippen molar-refractivity contribution in [3.8, 4) is 0 Å². The van der Waals surface area contributed by atoms with E-state index in [9.17, 15) is 4.39 Å². The van der Waals surface area contributed by atoms with E-state index in [2.05, 4.69) is 38.4 Å². The summed E-state index contributed by atoms with van der Waals surface area (Å²) >= 11 is 5.86. The lowest BCUT2D eigenvalue weighted by atomic mass is 10.1. The Bertz CT molecular complexity index is 1370. The van der Waals surface area contributed by atoms with Crippen molar-refractivity contribution in [3.05, 3.63) is 47.3 Å². The van der Waals surface area contributed by atoms with E-state index in [1.165, 1.54) is 6.07 Å². The summed E-state index contributed by atoms with van der Waals surface area (Å²) in [6, 6.07) is 5.44. The fourth-order valence-corrected chi connectivity index (χ4v) is 5.43. The van der Waals surface area contributed by atoms with Crippen molar-refractivity contribution < 1.29 is 9.13 Å². The number of nitrogens with zero attached hydrogens (tertiary/aromatic N) is 8. The van der Waals surface area contributed by atoms with Gasteiger partial charge in [-0.05, 0) is 44.4 Å². The topological polar surface area (TPSA) is 76.6 Å². The number of rotatable bonds is 5. The number of hydrogen-bond acceptors (Lipinski definition) is 7. The van der Waals surface area contributed by atoms with Crippen LogP contribution in [0.5, 0.6) is 0 Å². The fraction of sp³-hybridized carbons (Fsp3) is 0.500. The van der Waals surface area contributed by atoms with Crippen molar-refractivity contribution >= 4 is 34.4 Å². The molecule has 2 aliphatic rings. The molecule has 0 unspecified atom stereocenters. The highest BCUT2D eigenvalue weighted by atomic mass is 35.5. The molecule has 35 heavy (non-hydrogen) atoms. The summed E-state index contributed by atoms with van der Waals surface area (Å²) < 4.78 is 23.9. The van der Waals surface area contributed by atoms with Gasteiger partial charge in [0, 0.05) is 38.3 Å². The van der Waals surface area contributed by atoms with E-state index in [1.54, 1.807) is 12.4 Å². The Labute approximate surface area is 207 Å². The summed E-state index contributed by atoms with van der Waals surface area (Å²) in [6.07, 6.45) is 5.90. The number of piperazine rings is 1. The van der Waals surface area contributed by atoms with Crippen molar-refractivity contribution in [2.45, 2.75) is 58.0 Å². The molecular weight excluding hydrogens is 471 g/mol. The molecule has 4 aromatic rings. The van der Waals surface area contributed by atoms with Gasteiger partial charge in [0.2, 0.25) is 0 Å². The second-order valence-corrected chi connectivity index (χ2v) is 10.1. The molecule has 2 aliphatic heterocycles. The van der Waals surface area contributed by atoms with Gasteiger partial charge >= 0.3 is 0 Å². The predicted octanol–water partition coefficient (Wildman–Crippen LogP) is 3.54. The monoisotopic (exact) mass is 498 g/mol. The van der Waals surface area contributed by atoms with Gasteiger partial charge in [0.1, 0.15) is 17.7 Å². The second kappa shape index (κ2) is 9.00. The normalized spacial score (nSPS) is 23.7. The Morgan fingerprint density at radius 2 is 2.06 bits per heavy atom. The van der Waals surface area contributed by atoms with Crippen LogP contribution in [0.15, 0.2) is 30.9 Å². The molecule has 1 aromatic carbocycles. The van der Waals surface area contributed by atoms with Crippen molar-refractivity contribution in [1.29, 1.82) is 0 Å². The molecule has 2 saturated heterocycles. The van der Waals surface area contributed by atoms with Crippen LogP contribution in [0.25, 0.3) is 16.9 Å². The van der Waals surface area contributed by atoms with Gasteiger partial charge in [-0.1, -0.05) is 17.7 Å². The zero-order valence-electron chi connectivity index (χ0n) is 19.8. The van der Waals surface area contributed by atoms with Gasteiger partial charge in [-0.15, -0.1) is 10.2 Å².